The lowest BCUT2D eigenvalue weighted by Gasteiger charge is -2.40. The summed E-state index contributed by atoms with van der Waals surface area (Å²) in [7, 11) is -1.04. The summed E-state index contributed by atoms with van der Waals surface area (Å²) in [6.07, 6.45) is 1.14. The molecule has 0 radical (unpaired) electrons. The first kappa shape index (κ1) is 20.5. The third-order valence-corrected chi connectivity index (χ3v) is 5.62. The van der Waals surface area contributed by atoms with Gasteiger partial charge in [-0.15, -0.1) is 0 Å². The summed E-state index contributed by atoms with van der Waals surface area (Å²) in [5.41, 5.74) is 0.614. The predicted octanol–water partition coefficient (Wildman–Crippen LogP) is -0.744. The Morgan fingerprint density at radius 1 is 1.33 bits per heavy atom. The molecular formula is C19H24BN3O7. The topological polar surface area (TPSA) is 137 Å². The van der Waals surface area contributed by atoms with Crippen molar-refractivity contribution in [2.24, 2.45) is 0 Å². The van der Waals surface area contributed by atoms with Gasteiger partial charge in [0.25, 0.3) is 0 Å². The number of carboxylic acids is 1. The number of likely N-dealkylation sites (tertiary alicyclic amines) is 1. The first-order valence-corrected chi connectivity index (χ1v) is 10.0. The van der Waals surface area contributed by atoms with E-state index in [-0.39, 0.29) is 47.1 Å². The maximum Gasteiger partial charge on any atom is 0.522 e. The molecule has 0 bridgehead atoms. The zero-order valence-corrected chi connectivity index (χ0v) is 16.6. The highest BCUT2D eigenvalue weighted by atomic mass is 16.5. The lowest BCUT2D eigenvalue weighted by Crippen LogP contribution is -2.59. The molecule has 3 aliphatic rings. The highest BCUT2D eigenvalue weighted by molar-refractivity contribution is 6.44. The average molecular weight is 417 g/mol. The van der Waals surface area contributed by atoms with Gasteiger partial charge in [-0.25, -0.2) is 4.79 Å². The number of aryl methyl sites for hydroxylation is 1. The van der Waals surface area contributed by atoms with Crippen LogP contribution in [-0.2, 0) is 16.0 Å². The summed E-state index contributed by atoms with van der Waals surface area (Å²) >= 11 is 0. The van der Waals surface area contributed by atoms with Crippen LogP contribution in [0.3, 0.4) is 0 Å². The van der Waals surface area contributed by atoms with Gasteiger partial charge in [0.15, 0.2) is 0 Å². The molecule has 4 rings (SSSR count). The van der Waals surface area contributed by atoms with Gasteiger partial charge in [-0.1, -0.05) is 6.07 Å². The summed E-state index contributed by atoms with van der Waals surface area (Å²) in [4.78, 5) is 37.2. The van der Waals surface area contributed by atoms with Gasteiger partial charge in [-0.3, -0.25) is 9.59 Å². The van der Waals surface area contributed by atoms with Crippen molar-refractivity contribution in [3.63, 3.8) is 0 Å². The third-order valence-electron chi connectivity index (χ3n) is 5.62. The van der Waals surface area contributed by atoms with Gasteiger partial charge in [0.2, 0.25) is 11.8 Å². The molecule has 0 saturated carbocycles. The highest BCUT2D eigenvalue weighted by Gasteiger charge is 2.40. The van der Waals surface area contributed by atoms with Crippen LogP contribution < -0.4 is 20.0 Å². The van der Waals surface area contributed by atoms with Crippen molar-refractivity contribution in [3.8, 4) is 11.5 Å². The Morgan fingerprint density at radius 3 is 2.80 bits per heavy atom. The van der Waals surface area contributed by atoms with Gasteiger partial charge in [0.1, 0.15) is 23.2 Å². The van der Waals surface area contributed by atoms with Crippen LogP contribution in [0, 0.1) is 0 Å². The van der Waals surface area contributed by atoms with Crippen LogP contribution in [0.1, 0.15) is 29.3 Å². The van der Waals surface area contributed by atoms with Gasteiger partial charge in [-0.2, -0.15) is 0 Å². The number of nitrogens with one attached hydrogen (secondary N) is 2. The lowest BCUT2D eigenvalue weighted by molar-refractivity contribution is -0.142. The van der Waals surface area contributed by atoms with E-state index in [4.69, 9.17) is 9.39 Å². The zero-order valence-electron chi connectivity index (χ0n) is 16.6. The van der Waals surface area contributed by atoms with Gasteiger partial charge in [-0.05, 0) is 30.8 Å². The number of carboxylic acid groups (broad SMARTS) is 1. The monoisotopic (exact) mass is 417 g/mol. The summed E-state index contributed by atoms with van der Waals surface area (Å²) < 4.78 is 11.2. The molecule has 11 heteroatoms. The van der Waals surface area contributed by atoms with E-state index in [9.17, 15) is 24.5 Å². The zero-order chi connectivity index (χ0) is 21.4. The molecule has 2 fully saturated rings. The number of benzene rings is 1. The van der Waals surface area contributed by atoms with Crippen LogP contribution in [0.5, 0.6) is 11.5 Å². The number of aromatic carboxylic acids is 1. The van der Waals surface area contributed by atoms with E-state index < -0.39 is 13.1 Å². The molecule has 2 atom stereocenters. The molecule has 4 N–H and O–H groups in total. The van der Waals surface area contributed by atoms with Crippen molar-refractivity contribution in [2.45, 2.75) is 44.3 Å². The first-order chi connectivity index (χ1) is 14.3. The van der Waals surface area contributed by atoms with Crippen LogP contribution in [-0.4, -0.2) is 77.8 Å². The van der Waals surface area contributed by atoms with Gasteiger partial charge < -0.3 is 35.1 Å². The second kappa shape index (κ2) is 8.15. The van der Waals surface area contributed by atoms with E-state index in [1.54, 1.807) is 17.0 Å². The molecule has 3 aliphatic heterocycles. The number of nitrogens with zero attached hydrogens (tertiary/aromatic N) is 1. The van der Waals surface area contributed by atoms with Crippen LogP contribution in [0.15, 0.2) is 12.1 Å². The Hall–Kier alpha value is -2.79. The molecule has 1 aromatic rings. The fourth-order valence-corrected chi connectivity index (χ4v) is 4.13. The molecular weight excluding hydrogens is 393 g/mol. The fraction of sp³-hybridized carbons (Fsp3) is 0.526. The second-order valence-electron chi connectivity index (χ2n) is 7.92. The van der Waals surface area contributed by atoms with E-state index >= 15 is 0 Å². The van der Waals surface area contributed by atoms with Crippen molar-refractivity contribution in [1.29, 1.82) is 0 Å². The molecule has 160 valence electrons. The van der Waals surface area contributed by atoms with Gasteiger partial charge >= 0.3 is 13.1 Å². The number of amides is 2. The van der Waals surface area contributed by atoms with Crippen molar-refractivity contribution in [2.75, 3.05) is 19.6 Å². The largest absolute Gasteiger partial charge is 0.535 e. The summed E-state index contributed by atoms with van der Waals surface area (Å²) in [6.45, 7) is 2.69. The highest BCUT2D eigenvalue weighted by Crippen LogP contribution is 2.37. The molecule has 0 aromatic heterocycles. The van der Waals surface area contributed by atoms with E-state index in [0.717, 1.165) is 5.56 Å². The van der Waals surface area contributed by atoms with Crippen molar-refractivity contribution >= 4 is 24.9 Å². The molecule has 0 unspecified atom stereocenters. The Kier molecular flexibility index (Phi) is 5.57. The molecule has 2 saturated heterocycles. The summed E-state index contributed by atoms with van der Waals surface area (Å²) in [6, 6.07) is 2.93. The molecule has 1 aromatic carbocycles. The molecule has 0 spiro atoms. The number of rotatable bonds is 5. The van der Waals surface area contributed by atoms with Crippen LogP contribution in [0.4, 0.5) is 0 Å². The minimum atomic E-state index is -1.19. The Balaban J connectivity index is 1.36. The molecule has 10 nitrogen and oxygen atoms in total. The molecule has 30 heavy (non-hydrogen) atoms. The number of fused-ring (bicyclic) bond motifs is 1. The van der Waals surface area contributed by atoms with Gasteiger partial charge in [0.05, 0.1) is 19.1 Å². The minimum absolute atomic E-state index is 0.0574. The average Bonchev–Trinajstić information content (AvgIpc) is 3.10. The number of carbonyl (C=O) groups is 3. The van der Waals surface area contributed by atoms with Crippen molar-refractivity contribution < 1.29 is 33.9 Å². The SMILES string of the molecule is CC(=O)N[C@@H]1CN[C@H](C(=O)N2CC(Oc3ccc4c(c3C(=O)O)OB(O)CC4)C2)C1. The van der Waals surface area contributed by atoms with Crippen LogP contribution in [0.25, 0.3) is 0 Å². The van der Waals surface area contributed by atoms with E-state index in [1.807, 2.05) is 0 Å². The summed E-state index contributed by atoms with van der Waals surface area (Å²) in [5.74, 6) is -1.06. The maximum atomic E-state index is 12.6. The Bertz CT molecular complexity index is 874. The second-order valence-corrected chi connectivity index (χ2v) is 7.92. The smallest absolute Gasteiger partial charge is 0.522 e. The maximum absolute atomic E-state index is 12.6. The predicted molar refractivity (Wildman–Crippen MR) is 106 cm³/mol. The van der Waals surface area contributed by atoms with E-state index in [1.165, 1.54) is 6.92 Å². The molecule has 3 heterocycles. The standard InChI is InChI=1S/C19H24BN3O7/c1-10(24)22-12-6-14(21-7-12)18(25)23-8-13(9-23)29-15-3-2-11-4-5-20(28)30-17(11)16(15)19(26)27/h2-3,12-14,21,28H,4-9H2,1H3,(H,22,24)(H,26,27)/t12-,14-/m0/s1. The van der Waals surface area contributed by atoms with Gasteiger partial charge in [0, 0.05) is 19.5 Å². The number of hydrogen-bond acceptors (Lipinski definition) is 7. The number of ether oxygens (including phenoxy) is 1. The number of carbonyl (C=O) groups excluding carboxylic acids is 2. The summed E-state index contributed by atoms with van der Waals surface area (Å²) in [5, 5.41) is 25.3. The Morgan fingerprint density at radius 2 is 2.10 bits per heavy atom. The normalized spacial score (nSPS) is 23.3. The van der Waals surface area contributed by atoms with E-state index in [0.29, 0.717) is 38.8 Å². The van der Waals surface area contributed by atoms with Crippen LogP contribution >= 0.6 is 0 Å². The third kappa shape index (κ3) is 4.08. The number of hydrogen-bond donors (Lipinski definition) is 4. The first-order valence-electron chi connectivity index (χ1n) is 10.0. The Labute approximate surface area is 173 Å². The molecule has 0 aliphatic carbocycles. The van der Waals surface area contributed by atoms with Crippen molar-refractivity contribution in [3.05, 3.63) is 23.3 Å². The minimum Gasteiger partial charge on any atom is -0.535 e. The molecule has 2 amide bonds. The fourth-order valence-electron chi connectivity index (χ4n) is 4.13. The van der Waals surface area contributed by atoms with Crippen molar-refractivity contribution in [1.82, 2.24) is 15.5 Å². The van der Waals surface area contributed by atoms with E-state index in [2.05, 4.69) is 10.6 Å². The van der Waals surface area contributed by atoms with Crippen LogP contribution in [0.2, 0.25) is 6.32 Å². The lowest BCUT2D eigenvalue weighted by atomic mass is 9.78. The quantitative estimate of drug-likeness (QED) is 0.460.